The van der Waals surface area contributed by atoms with Crippen LogP contribution in [0.5, 0.6) is 0 Å². The Balaban J connectivity index is 1.42. The van der Waals surface area contributed by atoms with E-state index in [1.165, 1.54) is 21.4 Å². The fourth-order valence-electron chi connectivity index (χ4n) is 3.89. The minimum Gasteiger partial charge on any atom is -0.339 e. The first-order valence-electron chi connectivity index (χ1n) is 9.73. The number of hydrogen-bond acceptors (Lipinski definition) is 4. The molecule has 2 amide bonds. The van der Waals surface area contributed by atoms with Crippen molar-refractivity contribution in [1.82, 2.24) is 4.90 Å². The molecule has 146 valence electrons. The maximum Gasteiger partial charge on any atom is 0.265 e. The predicted octanol–water partition coefficient (Wildman–Crippen LogP) is 5.91. The van der Waals surface area contributed by atoms with Crippen LogP contribution in [-0.4, -0.2) is 29.8 Å². The van der Waals surface area contributed by atoms with Crippen molar-refractivity contribution >= 4 is 59.7 Å². The molecule has 0 saturated carbocycles. The van der Waals surface area contributed by atoms with Crippen LogP contribution in [0.3, 0.4) is 0 Å². The largest absolute Gasteiger partial charge is 0.339 e. The third kappa shape index (κ3) is 3.22. The van der Waals surface area contributed by atoms with Crippen molar-refractivity contribution in [3.63, 3.8) is 0 Å². The number of carbonyl (C=O) groups excluding carboxylic acids is 2. The van der Waals surface area contributed by atoms with Crippen LogP contribution in [0.4, 0.5) is 5.69 Å². The van der Waals surface area contributed by atoms with Crippen LogP contribution < -0.4 is 5.32 Å². The van der Waals surface area contributed by atoms with Crippen LogP contribution in [0, 0.1) is 6.92 Å². The van der Waals surface area contributed by atoms with Gasteiger partial charge in [0.2, 0.25) is 0 Å². The molecule has 0 unspecified atom stereocenters. The Hall–Kier alpha value is -2.70. The summed E-state index contributed by atoms with van der Waals surface area (Å²) in [6.07, 6.45) is 2.12. The first-order valence-corrected chi connectivity index (χ1v) is 11.4. The number of benzene rings is 2. The lowest BCUT2D eigenvalue weighted by atomic mass is 10.1. The highest BCUT2D eigenvalue weighted by molar-refractivity contribution is 7.33. The van der Waals surface area contributed by atoms with E-state index in [9.17, 15) is 9.59 Å². The quantitative estimate of drug-likeness (QED) is 0.448. The summed E-state index contributed by atoms with van der Waals surface area (Å²) in [6, 6.07) is 15.8. The average molecular weight is 421 g/mol. The maximum atomic E-state index is 12.9. The Labute approximate surface area is 176 Å². The summed E-state index contributed by atoms with van der Waals surface area (Å²) in [5, 5.41) is 4.22. The van der Waals surface area contributed by atoms with E-state index in [0.717, 1.165) is 40.9 Å². The predicted molar refractivity (Wildman–Crippen MR) is 121 cm³/mol. The van der Waals surface area contributed by atoms with E-state index >= 15 is 0 Å². The molecular weight excluding hydrogens is 400 g/mol. The molecule has 29 heavy (non-hydrogen) atoms. The third-order valence-corrected chi connectivity index (χ3v) is 7.89. The molecule has 0 bridgehead atoms. The van der Waals surface area contributed by atoms with E-state index < -0.39 is 0 Å². The summed E-state index contributed by atoms with van der Waals surface area (Å²) in [5.74, 6) is -0.0736. The van der Waals surface area contributed by atoms with E-state index in [1.54, 1.807) is 11.3 Å². The van der Waals surface area contributed by atoms with Gasteiger partial charge in [-0.05, 0) is 49.6 Å². The summed E-state index contributed by atoms with van der Waals surface area (Å²) >= 11 is 3.23. The highest BCUT2D eigenvalue weighted by atomic mass is 32.1. The summed E-state index contributed by atoms with van der Waals surface area (Å²) in [4.78, 5) is 28.3. The molecule has 0 aliphatic carbocycles. The van der Waals surface area contributed by atoms with Crippen LogP contribution in [0.1, 0.15) is 38.4 Å². The zero-order valence-corrected chi connectivity index (χ0v) is 17.7. The molecule has 1 aliphatic heterocycles. The Morgan fingerprint density at radius 3 is 2.59 bits per heavy atom. The molecule has 1 N–H and O–H groups in total. The van der Waals surface area contributed by atoms with Crippen LogP contribution in [0.2, 0.25) is 0 Å². The molecule has 1 aliphatic rings. The van der Waals surface area contributed by atoms with Gasteiger partial charge in [0.1, 0.15) is 0 Å². The fourth-order valence-corrected chi connectivity index (χ4v) is 6.31. The second kappa shape index (κ2) is 7.28. The summed E-state index contributed by atoms with van der Waals surface area (Å²) in [7, 11) is 0. The molecule has 2 aromatic carbocycles. The molecular formula is C23H20N2O2S2. The molecule has 2 aromatic heterocycles. The van der Waals surface area contributed by atoms with Crippen molar-refractivity contribution in [1.29, 1.82) is 0 Å². The number of hydrogen-bond donors (Lipinski definition) is 1. The lowest BCUT2D eigenvalue weighted by molar-refractivity contribution is 0.0791. The van der Waals surface area contributed by atoms with Gasteiger partial charge < -0.3 is 10.2 Å². The van der Waals surface area contributed by atoms with Gasteiger partial charge in [-0.1, -0.05) is 24.3 Å². The number of likely N-dealkylation sites (tertiary alicyclic amines) is 1. The van der Waals surface area contributed by atoms with Gasteiger partial charge in [0.15, 0.2) is 0 Å². The first kappa shape index (κ1) is 18.3. The van der Waals surface area contributed by atoms with E-state index in [4.69, 9.17) is 0 Å². The minimum absolute atomic E-state index is 0.0548. The number of nitrogens with zero attached hydrogens (tertiary/aromatic N) is 1. The smallest absolute Gasteiger partial charge is 0.265 e. The standard InChI is InChI=1S/C23H20N2O2S2/c1-14-15(23(27)25-11-4-5-12-25)8-6-9-17(14)24-22(26)20-13-19-21(29-20)16-7-2-3-10-18(16)28-19/h2-3,6-10,13H,4-5,11-12H2,1H3,(H,24,26). The van der Waals surface area contributed by atoms with E-state index in [0.29, 0.717) is 16.1 Å². The Kier molecular flexibility index (Phi) is 4.60. The van der Waals surface area contributed by atoms with Gasteiger partial charge in [0.25, 0.3) is 11.8 Å². The number of rotatable bonds is 3. The minimum atomic E-state index is -0.128. The number of nitrogens with one attached hydrogen (secondary N) is 1. The zero-order chi connectivity index (χ0) is 20.0. The lowest BCUT2D eigenvalue weighted by Gasteiger charge is -2.18. The molecule has 0 spiro atoms. The number of fused-ring (bicyclic) bond motifs is 3. The molecule has 4 nitrogen and oxygen atoms in total. The average Bonchev–Trinajstić information content (AvgIpc) is 3.45. The van der Waals surface area contributed by atoms with Crippen LogP contribution in [0.25, 0.3) is 19.5 Å². The molecule has 0 atom stereocenters. The number of carbonyl (C=O) groups is 2. The second-order valence-electron chi connectivity index (χ2n) is 7.33. The first-order chi connectivity index (χ1) is 14.1. The summed E-state index contributed by atoms with van der Waals surface area (Å²) < 4.78 is 3.53. The van der Waals surface area contributed by atoms with Gasteiger partial charge in [0, 0.05) is 39.1 Å². The van der Waals surface area contributed by atoms with E-state index in [2.05, 4.69) is 17.4 Å². The maximum absolute atomic E-state index is 12.9. The van der Waals surface area contributed by atoms with Crippen molar-refractivity contribution in [2.75, 3.05) is 18.4 Å². The van der Waals surface area contributed by atoms with Gasteiger partial charge in [-0.3, -0.25) is 9.59 Å². The number of thiophene rings is 2. The zero-order valence-electron chi connectivity index (χ0n) is 16.0. The highest BCUT2D eigenvalue weighted by Gasteiger charge is 2.22. The van der Waals surface area contributed by atoms with E-state index in [-0.39, 0.29) is 11.8 Å². The number of amides is 2. The number of anilines is 1. The Bertz CT molecular complexity index is 1250. The fraction of sp³-hybridized carbons (Fsp3) is 0.217. The van der Waals surface area contributed by atoms with Crippen molar-refractivity contribution in [2.24, 2.45) is 0 Å². The van der Waals surface area contributed by atoms with Crippen LogP contribution in [0.15, 0.2) is 48.5 Å². The topological polar surface area (TPSA) is 49.4 Å². The van der Waals surface area contributed by atoms with Crippen LogP contribution >= 0.6 is 22.7 Å². The van der Waals surface area contributed by atoms with Crippen molar-refractivity contribution in [2.45, 2.75) is 19.8 Å². The normalized spacial score (nSPS) is 14.0. The van der Waals surface area contributed by atoms with Gasteiger partial charge in [-0.15, -0.1) is 22.7 Å². The van der Waals surface area contributed by atoms with Gasteiger partial charge >= 0.3 is 0 Å². The summed E-state index contributed by atoms with van der Waals surface area (Å²) in [5.41, 5.74) is 2.19. The SMILES string of the molecule is Cc1c(NC(=O)c2cc3sc4ccccc4c3s2)cccc1C(=O)N1CCCC1. The third-order valence-electron chi connectivity index (χ3n) is 5.48. The molecule has 0 radical (unpaired) electrons. The van der Waals surface area contributed by atoms with Crippen molar-refractivity contribution in [3.05, 3.63) is 64.5 Å². The molecule has 1 saturated heterocycles. The van der Waals surface area contributed by atoms with Gasteiger partial charge in [-0.25, -0.2) is 0 Å². The molecule has 6 heteroatoms. The highest BCUT2D eigenvalue weighted by Crippen LogP contribution is 2.39. The monoisotopic (exact) mass is 420 g/mol. The molecule has 1 fully saturated rings. The Morgan fingerprint density at radius 2 is 1.76 bits per heavy atom. The Morgan fingerprint density at radius 1 is 0.966 bits per heavy atom. The van der Waals surface area contributed by atoms with Gasteiger partial charge in [-0.2, -0.15) is 0 Å². The molecule has 3 heterocycles. The molecule has 5 rings (SSSR count). The summed E-state index contributed by atoms with van der Waals surface area (Å²) in [6.45, 7) is 3.53. The second-order valence-corrected chi connectivity index (χ2v) is 9.47. The van der Waals surface area contributed by atoms with Crippen molar-refractivity contribution in [3.8, 4) is 0 Å². The molecule has 4 aromatic rings. The lowest BCUT2D eigenvalue weighted by Crippen LogP contribution is -2.28. The van der Waals surface area contributed by atoms with Gasteiger partial charge in [0.05, 0.1) is 9.58 Å². The van der Waals surface area contributed by atoms with E-state index in [1.807, 2.05) is 48.2 Å². The van der Waals surface area contributed by atoms with Crippen LogP contribution in [-0.2, 0) is 0 Å². The van der Waals surface area contributed by atoms with Crippen molar-refractivity contribution < 1.29 is 9.59 Å².